The van der Waals surface area contributed by atoms with Crippen LogP contribution in [0.25, 0.3) is 11.3 Å². The Morgan fingerprint density at radius 2 is 1.78 bits per heavy atom. The van der Waals surface area contributed by atoms with E-state index in [0.29, 0.717) is 44.5 Å². The quantitative estimate of drug-likeness (QED) is 0.385. The number of benzene rings is 2. The van der Waals surface area contributed by atoms with E-state index in [4.69, 9.17) is 9.47 Å². The molecule has 3 aliphatic rings. The lowest BCUT2D eigenvalue weighted by molar-refractivity contribution is -0.162. The minimum atomic E-state index is -4.14. The van der Waals surface area contributed by atoms with Gasteiger partial charge in [0.15, 0.2) is 6.29 Å². The molecule has 3 N–H and O–H groups in total. The van der Waals surface area contributed by atoms with Gasteiger partial charge in [-0.3, -0.25) is 9.59 Å². The van der Waals surface area contributed by atoms with E-state index in [1.54, 1.807) is 12.1 Å². The van der Waals surface area contributed by atoms with E-state index in [1.807, 2.05) is 36.9 Å². The molecule has 45 heavy (non-hydrogen) atoms. The lowest BCUT2D eigenvalue weighted by Gasteiger charge is -2.42. The van der Waals surface area contributed by atoms with Crippen LogP contribution in [0, 0.1) is 25.2 Å². The first-order valence-corrected chi connectivity index (χ1v) is 16.6. The molecule has 3 aliphatic heterocycles. The third-order valence-corrected chi connectivity index (χ3v) is 10.3. The fourth-order valence-corrected chi connectivity index (χ4v) is 7.23. The molecule has 1 unspecified atom stereocenters. The number of rotatable bonds is 2. The van der Waals surface area contributed by atoms with E-state index >= 15 is 0 Å². The van der Waals surface area contributed by atoms with Crippen molar-refractivity contribution in [1.29, 1.82) is 0 Å². The van der Waals surface area contributed by atoms with Crippen LogP contribution in [0.1, 0.15) is 47.2 Å². The second-order valence-corrected chi connectivity index (χ2v) is 13.9. The summed E-state index contributed by atoms with van der Waals surface area (Å²) in [5, 5.41) is 12.6. The first-order valence-electron chi connectivity index (χ1n) is 15.1. The van der Waals surface area contributed by atoms with Gasteiger partial charge in [0.1, 0.15) is 0 Å². The van der Waals surface area contributed by atoms with E-state index in [-0.39, 0.29) is 53.9 Å². The molecule has 13 heteroatoms. The lowest BCUT2D eigenvalue weighted by Crippen LogP contribution is -2.52. The van der Waals surface area contributed by atoms with E-state index < -0.39 is 27.6 Å². The lowest BCUT2D eigenvalue weighted by atomic mass is 9.78. The highest BCUT2D eigenvalue weighted by molar-refractivity contribution is 7.92. The van der Waals surface area contributed by atoms with Gasteiger partial charge in [-0.15, -0.1) is 0 Å². The van der Waals surface area contributed by atoms with Crippen LogP contribution in [-0.4, -0.2) is 79.3 Å². The van der Waals surface area contributed by atoms with Gasteiger partial charge in [0, 0.05) is 42.2 Å². The van der Waals surface area contributed by atoms with Crippen molar-refractivity contribution in [3.8, 4) is 17.1 Å². The molecule has 6 rings (SSSR count). The molecule has 2 atom stereocenters. The summed E-state index contributed by atoms with van der Waals surface area (Å²) in [6.07, 6.45) is 1.30. The van der Waals surface area contributed by atoms with Crippen molar-refractivity contribution in [2.75, 3.05) is 37.6 Å². The van der Waals surface area contributed by atoms with Crippen molar-refractivity contribution in [2.24, 2.45) is 11.3 Å². The van der Waals surface area contributed by atoms with Gasteiger partial charge in [-0.2, -0.15) is 4.98 Å². The molecule has 2 saturated heterocycles. The molecule has 4 bridgehead atoms. The van der Waals surface area contributed by atoms with Crippen molar-refractivity contribution >= 4 is 27.8 Å². The molecular formula is C32H37N5O7S. The second-order valence-electron chi connectivity index (χ2n) is 12.2. The number of carbonyl (C=O) groups is 2. The number of fused-ring (bicyclic) bond motifs is 4. The molecule has 2 fully saturated rings. The molecular weight excluding hydrogens is 598 g/mol. The summed E-state index contributed by atoms with van der Waals surface area (Å²) >= 11 is 0. The topological polar surface area (TPSA) is 160 Å². The number of aryl methyl sites for hydroxylation is 2. The zero-order valence-electron chi connectivity index (χ0n) is 25.3. The van der Waals surface area contributed by atoms with Crippen LogP contribution in [0.15, 0.2) is 53.4 Å². The second kappa shape index (κ2) is 12.4. The fraction of sp³-hybridized carbons (Fsp3) is 0.438. The Morgan fingerprint density at radius 3 is 2.49 bits per heavy atom. The highest BCUT2D eigenvalue weighted by Gasteiger charge is 2.39. The number of aromatic nitrogens is 2. The van der Waals surface area contributed by atoms with Gasteiger partial charge in [-0.25, -0.2) is 18.1 Å². The average Bonchev–Trinajstić information content (AvgIpc) is 3.02. The van der Waals surface area contributed by atoms with Crippen LogP contribution in [0.2, 0.25) is 0 Å². The van der Waals surface area contributed by atoms with Gasteiger partial charge in [0.05, 0.1) is 29.7 Å². The standard InChI is InChI=1S/C32H37N5O7S/c1-20-5-3-6-21(2)28(20)25-16-26-35-31(34-25)36-45(41,42)24-8-4-7-22(15-24)29(39)33-18-32(19-44-26)11-13-37(14-12-32)30(40)23-9-10-27(38)43-17-23/h3-8,15-16,23,27,38H,9-14,17-19H2,1-2H3,(H,33,39)(H,34,35,36)/t23?,27-/m1/s1. The molecule has 4 heterocycles. The van der Waals surface area contributed by atoms with Crippen molar-refractivity contribution in [2.45, 2.75) is 50.7 Å². The average molecular weight is 636 g/mol. The van der Waals surface area contributed by atoms with Crippen LogP contribution < -0.4 is 14.8 Å². The van der Waals surface area contributed by atoms with E-state index in [1.165, 1.54) is 18.2 Å². The number of likely N-dealkylation sites (tertiary alicyclic amines) is 1. The maximum absolute atomic E-state index is 13.4. The minimum absolute atomic E-state index is 0.00498. The van der Waals surface area contributed by atoms with Gasteiger partial charge in [0.25, 0.3) is 15.9 Å². The molecule has 1 spiro atoms. The van der Waals surface area contributed by atoms with Crippen LogP contribution in [0.4, 0.5) is 5.95 Å². The van der Waals surface area contributed by atoms with Crippen molar-refractivity contribution in [3.63, 3.8) is 0 Å². The fourth-order valence-electron chi connectivity index (χ4n) is 6.24. The number of ether oxygens (including phenoxy) is 2. The summed E-state index contributed by atoms with van der Waals surface area (Å²) in [5.74, 6) is -0.654. The summed E-state index contributed by atoms with van der Waals surface area (Å²) in [7, 11) is -4.14. The van der Waals surface area contributed by atoms with E-state index in [0.717, 1.165) is 16.7 Å². The Hall–Kier alpha value is -4.07. The molecule has 1 aromatic heterocycles. The van der Waals surface area contributed by atoms with Crippen molar-refractivity contribution in [1.82, 2.24) is 20.2 Å². The van der Waals surface area contributed by atoms with Gasteiger partial charge < -0.3 is 24.8 Å². The first-order chi connectivity index (χ1) is 21.5. The Bertz CT molecular complexity index is 1690. The number of amides is 2. The van der Waals surface area contributed by atoms with E-state index in [2.05, 4.69) is 20.0 Å². The number of aliphatic hydroxyl groups excluding tert-OH is 1. The SMILES string of the molecule is Cc1cccc(C)c1-c1cc2nc(n1)NS(=O)(=O)c1cccc(c1)C(=O)NCC1(CCN(C(=O)C3CC[C@H](O)OC3)CC1)CO2. The Kier molecular flexibility index (Phi) is 8.51. The van der Waals surface area contributed by atoms with Crippen LogP contribution in [-0.2, 0) is 19.6 Å². The third-order valence-electron chi connectivity index (χ3n) is 8.96. The number of hydrogen-bond donors (Lipinski definition) is 3. The molecule has 2 amide bonds. The molecule has 3 aromatic rings. The number of carbonyl (C=O) groups excluding carboxylic acids is 2. The summed E-state index contributed by atoms with van der Waals surface area (Å²) in [5.41, 5.74) is 2.95. The smallest absolute Gasteiger partial charge is 0.264 e. The third kappa shape index (κ3) is 6.65. The zero-order valence-corrected chi connectivity index (χ0v) is 26.1. The minimum Gasteiger partial charge on any atom is -0.477 e. The normalized spacial score (nSPS) is 22.8. The van der Waals surface area contributed by atoms with Crippen molar-refractivity contribution in [3.05, 3.63) is 65.2 Å². The summed E-state index contributed by atoms with van der Waals surface area (Å²) in [4.78, 5) is 37.2. The highest BCUT2D eigenvalue weighted by atomic mass is 32.2. The Labute approximate surface area is 262 Å². The zero-order chi connectivity index (χ0) is 31.8. The summed E-state index contributed by atoms with van der Waals surface area (Å²) in [6.45, 7) is 5.47. The number of sulfonamides is 1. The molecule has 0 aliphatic carbocycles. The largest absolute Gasteiger partial charge is 0.477 e. The number of aliphatic hydroxyl groups is 1. The molecule has 238 valence electrons. The number of anilines is 1. The van der Waals surface area contributed by atoms with Gasteiger partial charge in [-0.05, 0) is 68.9 Å². The predicted octanol–water partition coefficient (Wildman–Crippen LogP) is 3.04. The highest BCUT2D eigenvalue weighted by Crippen LogP contribution is 2.35. The summed E-state index contributed by atoms with van der Waals surface area (Å²) < 4.78 is 40.9. The number of nitrogens with zero attached hydrogens (tertiary/aromatic N) is 3. The molecule has 2 aromatic carbocycles. The maximum Gasteiger partial charge on any atom is 0.264 e. The Morgan fingerprint density at radius 1 is 1.04 bits per heavy atom. The maximum atomic E-state index is 13.4. The number of hydrogen-bond acceptors (Lipinski definition) is 9. The molecule has 0 radical (unpaired) electrons. The molecule has 0 saturated carbocycles. The van der Waals surface area contributed by atoms with Gasteiger partial charge in [-0.1, -0.05) is 24.3 Å². The van der Waals surface area contributed by atoms with Gasteiger partial charge >= 0.3 is 0 Å². The number of piperidine rings is 1. The first kappa shape index (κ1) is 30.9. The predicted molar refractivity (Wildman–Crippen MR) is 165 cm³/mol. The van der Waals surface area contributed by atoms with Crippen LogP contribution in [0.5, 0.6) is 5.88 Å². The molecule has 12 nitrogen and oxygen atoms in total. The number of nitrogens with one attached hydrogen (secondary N) is 2. The van der Waals surface area contributed by atoms with Gasteiger partial charge in [0.2, 0.25) is 17.7 Å². The van der Waals surface area contributed by atoms with Crippen molar-refractivity contribution < 1.29 is 32.6 Å². The summed E-state index contributed by atoms with van der Waals surface area (Å²) in [6, 6.07) is 13.4. The van der Waals surface area contributed by atoms with Crippen LogP contribution >= 0.6 is 0 Å². The van der Waals surface area contributed by atoms with E-state index in [9.17, 15) is 23.1 Å². The monoisotopic (exact) mass is 635 g/mol. The van der Waals surface area contributed by atoms with Crippen LogP contribution in [0.3, 0.4) is 0 Å². The Balaban J connectivity index is 1.33.